The number of benzene rings is 2. The molecule has 2 heterocycles. The van der Waals surface area contributed by atoms with Crippen molar-refractivity contribution in [1.82, 2.24) is 14.8 Å². The Hall–Kier alpha value is -3.12. The highest BCUT2D eigenvalue weighted by Crippen LogP contribution is 2.23. The molecule has 3 aromatic rings. The molecule has 1 N–H and O–H groups in total. The number of hydrogen-bond donors (Lipinski definition) is 1. The number of aromatic nitrogens is 1. The number of halogens is 1. The predicted molar refractivity (Wildman–Crippen MR) is 120 cm³/mol. The first-order valence-electron chi connectivity index (χ1n) is 10.5. The molecule has 0 saturated carbocycles. The van der Waals surface area contributed by atoms with Gasteiger partial charge in [0.05, 0.1) is 5.56 Å². The summed E-state index contributed by atoms with van der Waals surface area (Å²) in [6, 6.07) is 14.4. The Balaban J connectivity index is 1.51. The van der Waals surface area contributed by atoms with Crippen LogP contribution in [0.25, 0.3) is 10.9 Å². The fourth-order valence-electron chi connectivity index (χ4n) is 3.93. The number of Topliss-reactive ketones (excluding diaryl/α,β-unsaturated/α-hetero) is 1. The van der Waals surface area contributed by atoms with Gasteiger partial charge >= 0.3 is 0 Å². The van der Waals surface area contributed by atoms with Crippen LogP contribution < -0.4 is 5.32 Å². The van der Waals surface area contributed by atoms with Crippen molar-refractivity contribution >= 4 is 40.1 Å². The largest absolute Gasteiger partial charge is 0.345 e. The molecule has 1 saturated heterocycles. The van der Waals surface area contributed by atoms with E-state index in [2.05, 4.69) is 5.32 Å². The van der Waals surface area contributed by atoms with E-state index in [-0.39, 0.29) is 19.0 Å². The molecule has 0 aliphatic carbocycles. The molecule has 160 valence electrons. The third kappa shape index (κ3) is 4.80. The van der Waals surface area contributed by atoms with Gasteiger partial charge in [-0.15, -0.1) is 0 Å². The molecule has 0 bridgehead atoms. The smallest absolute Gasteiger partial charge is 0.292 e. The molecule has 2 amide bonds. The number of ketones is 1. The molecule has 1 aromatic heterocycles. The molecule has 7 heteroatoms. The topological polar surface area (TPSA) is 71.4 Å². The lowest BCUT2D eigenvalue weighted by atomic mass is 10.1. The van der Waals surface area contributed by atoms with Crippen LogP contribution in [0.15, 0.2) is 54.7 Å². The zero-order valence-corrected chi connectivity index (χ0v) is 17.9. The number of piperidine rings is 1. The van der Waals surface area contributed by atoms with E-state index in [0.29, 0.717) is 16.0 Å². The molecule has 0 radical (unpaired) electrons. The lowest BCUT2D eigenvalue weighted by Crippen LogP contribution is -2.37. The zero-order valence-electron chi connectivity index (χ0n) is 17.1. The van der Waals surface area contributed by atoms with Crippen molar-refractivity contribution in [2.75, 3.05) is 13.1 Å². The Kier molecular flexibility index (Phi) is 6.37. The van der Waals surface area contributed by atoms with E-state index in [9.17, 15) is 14.4 Å². The minimum absolute atomic E-state index is 0.0339. The Morgan fingerprint density at radius 3 is 2.39 bits per heavy atom. The first kappa shape index (κ1) is 21.1. The number of nitrogens with one attached hydrogen (secondary N) is 1. The molecule has 2 aromatic carbocycles. The SMILES string of the molecule is O=C(NCc1ccc(Cl)cc1)C(=O)c1cn(CC(=O)N2CCCCC2)c2ccccc12. The van der Waals surface area contributed by atoms with Gasteiger partial charge in [-0.3, -0.25) is 14.4 Å². The van der Waals surface area contributed by atoms with Gasteiger partial charge in [-0.25, -0.2) is 0 Å². The minimum atomic E-state index is -0.680. The van der Waals surface area contributed by atoms with Gasteiger partial charge in [0.2, 0.25) is 5.91 Å². The van der Waals surface area contributed by atoms with E-state index < -0.39 is 11.7 Å². The summed E-state index contributed by atoms with van der Waals surface area (Å²) in [5, 5.41) is 3.94. The Morgan fingerprint density at radius 2 is 1.65 bits per heavy atom. The van der Waals surface area contributed by atoms with Crippen molar-refractivity contribution in [3.05, 3.63) is 70.9 Å². The molecule has 6 nitrogen and oxygen atoms in total. The van der Waals surface area contributed by atoms with Crippen LogP contribution in [0.4, 0.5) is 0 Å². The second-order valence-corrected chi connectivity index (χ2v) is 8.20. The lowest BCUT2D eigenvalue weighted by Gasteiger charge is -2.27. The van der Waals surface area contributed by atoms with E-state index in [4.69, 9.17) is 11.6 Å². The minimum Gasteiger partial charge on any atom is -0.345 e. The van der Waals surface area contributed by atoms with Gasteiger partial charge in [-0.1, -0.05) is 41.9 Å². The van der Waals surface area contributed by atoms with Gasteiger partial charge < -0.3 is 14.8 Å². The molecule has 31 heavy (non-hydrogen) atoms. The molecule has 0 unspecified atom stereocenters. The number of hydrogen-bond acceptors (Lipinski definition) is 3. The summed E-state index contributed by atoms with van der Waals surface area (Å²) >= 11 is 5.88. The molecule has 1 aliphatic rings. The van der Waals surface area contributed by atoms with E-state index in [1.165, 1.54) is 0 Å². The number of likely N-dealkylation sites (tertiary alicyclic amines) is 1. The van der Waals surface area contributed by atoms with Gasteiger partial charge in [0.15, 0.2) is 0 Å². The highest BCUT2D eigenvalue weighted by Gasteiger charge is 2.23. The van der Waals surface area contributed by atoms with Crippen LogP contribution in [0.5, 0.6) is 0 Å². The summed E-state index contributed by atoms with van der Waals surface area (Å²) in [7, 11) is 0. The van der Waals surface area contributed by atoms with Gasteiger partial charge in [0.1, 0.15) is 6.54 Å². The molecule has 0 atom stereocenters. The van der Waals surface area contributed by atoms with E-state index >= 15 is 0 Å². The van der Waals surface area contributed by atoms with Crippen LogP contribution in [0.1, 0.15) is 35.2 Å². The number of nitrogens with zero attached hydrogens (tertiary/aromatic N) is 2. The van der Waals surface area contributed by atoms with Crippen molar-refractivity contribution in [2.24, 2.45) is 0 Å². The maximum absolute atomic E-state index is 12.9. The van der Waals surface area contributed by atoms with E-state index in [0.717, 1.165) is 43.4 Å². The van der Waals surface area contributed by atoms with Crippen LogP contribution in [-0.2, 0) is 22.7 Å². The van der Waals surface area contributed by atoms with Crippen molar-refractivity contribution < 1.29 is 14.4 Å². The third-order valence-corrected chi connectivity index (χ3v) is 5.87. The van der Waals surface area contributed by atoms with Crippen LogP contribution in [0.2, 0.25) is 5.02 Å². The number of rotatable bonds is 6. The lowest BCUT2D eigenvalue weighted by molar-refractivity contribution is -0.132. The van der Waals surface area contributed by atoms with Gasteiger partial charge in [-0.05, 0) is 43.0 Å². The van der Waals surface area contributed by atoms with Crippen LogP contribution in [-0.4, -0.2) is 40.2 Å². The maximum Gasteiger partial charge on any atom is 0.292 e. The Bertz CT molecular complexity index is 1110. The van der Waals surface area contributed by atoms with Gasteiger partial charge in [-0.2, -0.15) is 0 Å². The summed E-state index contributed by atoms with van der Waals surface area (Å²) in [5.41, 5.74) is 1.91. The Labute approximate surface area is 185 Å². The number of para-hydroxylation sites is 1. The molecular formula is C24H24ClN3O3. The second-order valence-electron chi connectivity index (χ2n) is 7.77. The van der Waals surface area contributed by atoms with Crippen molar-refractivity contribution in [3.63, 3.8) is 0 Å². The van der Waals surface area contributed by atoms with Crippen LogP contribution in [0, 0.1) is 0 Å². The highest BCUT2D eigenvalue weighted by atomic mass is 35.5. The van der Waals surface area contributed by atoms with Gasteiger partial charge in [0, 0.05) is 41.8 Å². The van der Waals surface area contributed by atoms with Crippen molar-refractivity contribution in [3.8, 4) is 0 Å². The molecular weight excluding hydrogens is 414 g/mol. The first-order chi connectivity index (χ1) is 15.0. The normalized spacial score (nSPS) is 13.9. The number of carbonyl (C=O) groups is 3. The number of fused-ring (bicyclic) bond motifs is 1. The summed E-state index contributed by atoms with van der Waals surface area (Å²) in [4.78, 5) is 40.0. The zero-order chi connectivity index (χ0) is 21.8. The predicted octanol–water partition coefficient (Wildman–Crippen LogP) is 3.81. The van der Waals surface area contributed by atoms with Crippen LogP contribution in [0.3, 0.4) is 0 Å². The van der Waals surface area contributed by atoms with Gasteiger partial charge in [0.25, 0.3) is 11.7 Å². The van der Waals surface area contributed by atoms with E-state index in [1.807, 2.05) is 23.1 Å². The summed E-state index contributed by atoms with van der Waals surface area (Å²) in [5.74, 6) is -1.26. The number of carbonyl (C=O) groups excluding carboxylic acids is 3. The van der Waals surface area contributed by atoms with Crippen LogP contribution >= 0.6 is 11.6 Å². The number of amides is 2. The third-order valence-electron chi connectivity index (χ3n) is 5.62. The fourth-order valence-corrected chi connectivity index (χ4v) is 4.06. The average Bonchev–Trinajstić information content (AvgIpc) is 3.17. The Morgan fingerprint density at radius 1 is 0.935 bits per heavy atom. The standard InChI is InChI=1S/C24H24ClN3O3/c25-18-10-8-17(9-11-18)14-26-24(31)23(30)20-15-28(21-7-3-2-6-19(20)21)16-22(29)27-12-4-1-5-13-27/h2-3,6-11,15H,1,4-5,12-14,16H2,(H,26,31). The second kappa shape index (κ2) is 9.35. The summed E-state index contributed by atoms with van der Waals surface area (Å²) < 4.78 is 1.77. The first-order valence-corrected chi connectivity index (χ1v) is 10.8. The quantitative estimate of drug-likeness (QED) is 0.471. The van der Waals surface area contributed by atoms with Crippen molar-refractivity contribution in [1.29, 1.82) is 0 Å². The van der Waals surface area contributed by atoms with Crippen molar-refractivity contribution in [2.45, 2.75) is 32.4 Å². The molecule has 4 rings (SSSR count). The molecule has 1 fully saturated rings. The fraction of sp³-hybridized carbons (Fsp3) is 0.292. The summed E-state index contributed by atoms with van der Waals surface area (Å²) in [6.07, 6.45) is 4.82. The summed E-state index contributed by atoms with van der Waals surface area (Å²) in [6.45, 7) is 1.93. The highest BCUT2D eigenvalue weighted by molar-refractivity contribution is 6.45. The monoisotopic (exact) mass is 437 g/mol. The molecule has 0 spiro atoms. The molecule has 1 aliphatic heterocycles. The van der Waals surface area contributed by atoms with E-state index in [1.54, 1.807) is 41.1 Å². The maximum atomic E-state index is 12.9. The average molecular weight is 438 g/mol.